The van der Waals surface area contributed by atoms with Crippen molar-refractivity contribution in [2.45, 2.75) is 31.6 Å². The number of nitrogens with zero attached hydrogens (tertiary/aromatic N) is 6. The fraction of sp³-hybridized carbons (Fsp3) is 0.316. The number of hydrogen-bond acceptors (Lipinski definition) is 5. The number of carbonyl (C=O) groups excluding carboxylic acids is 1. The molecule has 1 aliphatic heterocycles. The van der Waals surface area contributed by atoms with Gasteiger partial charge in [-0.25, -0.2) is 9.37 Å². The first-order valence-corrected chi connectivity index (χ1v) is 9.50. The molecule has 166 valence electrons. The number of halogens is 5. The molecule has 1 aliphatic rings. The van der Waals surface area contributed by atoms with Crippen molar-refractivity contribution >= 4 is 29.0 Å². The number of benzene rings is 1. The summed E-state index contributed by atoms with van der Waals surface area (Å²) in [5.74, 6) is -1.79. The van der Waals surface area contributed by atoms with Gasteiger partial charge in [0.25, 0.3) is 0 Å². The number of rotatable bonds is 4. The van der Waals surface area contributed by atoms with Crippen LogP contribution in [0.1, 0.15) is 23.2 Å². The Labute approximate surface area is 184 Å². The largest absolute Gasteiger partial charge is 0.417 e. The lowest BCUT2D eigenvalue weighted by atomic mass is 10.1. The molecular formula is C19H14ClF4N7O. The van der Waals surface area contributed by atoms with Crippen LogP contribution >= 0.6 is 11.6 Å². The summed E-state index contributed by atoms with van der Waals surface area (Å²) < 4.78 is 53.9. The summed E-state index contributed by atoms with van der Waals surface area (Å²) >= 11 is 5.72. The van der Waals surface area contributed by atoms with Gasteiger partial charge in [0.15, 0.2) is 0 Å². The predicted molar refractivity (Wildman–Crippen MR) is 107 cm³/mol. The van der Waals surface area contributed by atoms with E-state index >= 15 is 0 Å². The minimum absolute atomic E-state index is 0.00831. The molecule has 8 nitrogen and oxygen atoms in total. The second-order valence-electron chi connectivity index (χ2n) is 6.94. The Morgan fingerprint density at radius 3 is 2.75 bits per heavy atom. The number of azide groups is 1. The number of pyridine rings is 1. The number of anilines is 2. The van der Waals surface area contributed by atoms with Gasteiger partial charge in [0.2, 0.25) is 5.91 Å². The van der Waals surface area contributed by atoms with Crippen molar-refractivity contribution in [2.24, 2.45) is 5.11 Å². The summed E-state index contributed by atoms with van der Waals surface area (Å²) in [5.41, 5.74) is 7.06. The molecule has 2 atom stereocenters. The Morgan fingerprint density at radius 1 is 1.44 bits per heavy atom. The summed E-state index contributed by atoms with van der Waals surface area (Å²) in [7, 11) is 0. The number of amides is 1. The zero-order valence-corrected chi connectivity index (χ0v) is 17.1. The highest BCUT2D eigenvalue weighted by atomic mass is 35.5. The molecule has 0 radical (unpaired) electrons. The van der Waals surface area contributed by atoms with Gasteiger partial charge in [-0.3, -0.25) is 4.79 Å². The normalized spacial score (nSPS) is 18.1. The van der Waals surface area contributed by atoms with Crippen LogP contribution in [0.15, 0.2) is 29.4 Å². The summed E-state index contributed by atoms with van der Waals surface area (Å²) in [5, 5.41) is 15.3. The highest BCUT2D eigenvalue weighted by Crippen LogP contribution is 2.38. The van der Waals surface area contributed by atoms with Gasteiger partial charge in [0.1, 0.15) is 29.3 Å². The molecule has 3 rings (SSSR count). The maximum Gasteiger partial charge on any atom is 0.417 e. The smallest absolute Gasteiger partial charge is 0.343 e. The molecule has 1 aromatic heterocycles. The van der Waals surface area contributed by atoms with Crippen LogP contribution in [-0.2, 0) is 11.0 Å². The Kier molecular flexibility index (Phi) is 6.43. The van der Waals surface area contributed by atoms with Crippen LogP contribution in [0.25, 0.3) is 10.4 Å². The zero-order valence-electron chi connectivity index (χ0n) is 16.4. The Balaban J connectivity index is 2.07. The molecule has 32 heavy (non-hydrogen) atoms. The second kappa shape index (κ2) is 8.90. The number of nitrogens with one attached hydrogen (secondary N) is 1. The van der Waals surface area contributed by atoms with E-state index in [2.05, 4.69) is 20.3 Å². The SMILES string of the molecule is Cc1cc(C(F)(F)F)c(C#N)c(N2CC[C@@H](N=[N+]=[N-])[C@H]2C(=O)Nc2ccc(F)c(Cl)c2)n1. The number of hydrogen-bond donors (Lipinski definition) is 1. The molecule has 0 aliphatic carbocycles. The molecule has 2 aromatic rings. The van der Waals surface area contributed by atoms with Crippen LogP contribution in [-0.4, -0.2) is 29.5 Å². The number of nitriles is 1. The highest BCUT2D eigenvalue weighted by Gasteiger charge is 2.43. The van der Waals surface area contributed by atoms with Crippen molar-refractivity contribution in [3.63, 3.8) is 0 Å². The lowest BCUT2D eigenvalue weighted by molar-refractivity contribution is -0.137. The molecular weight excluding hydrogens is 454 g/mol. The molecule has 1 aromatic carbocycles. The number of aromatic nitrogens is 1. The quantitative estimate of drug-likeness (QED) is 0.295. The van der Waals surface area contributed by atoms with E-state index < -0.39 is 41.1 Å². The van der Waals surface area contributed by atoms with E-state index in [1.807, 2.05) is 0 Å². The van der Waals surface area contributed by atoms with E-state index in [-0.39, 0.29) is 35.2 Å². The molecule has 1 fully saturated rings. The van der Waals surface area contributed by atoms with Crippen LogP contribution < -0.4 is 10.2 Å². The van der Waals surface area contributed by atoms with Crippen LogP contribution in [0.2, 0.25) is 5.02 Å². The summed E-state index contributed by atoms with van der Waals surface area (Å²) in [6, 6.07) is 3.49. The maximum atomic E-state index is 13.5. The highest BCUT2D eigenvalue weighted by molar-refractivity contribution is 6.31. The summed E-state index contributed by atoms with van der Waals surface area (Å²) in [6.45, 7) is 1.34. The van der Waals surface area contributed by atoms with Crippen LogP contribution in [0, 0.1) is 24.1 Å². The molecule has 2 heterocycles. The van der Waals surface area contributed by atoms with Crippen molar-refractivity contribution in [1.29, 1.82) is 5.26 Å². The van der Waals surface area contributed by atoms with Gasteiger partial charge >= 0.3 is 6.18 Å². The Morgan fingerprint density at radius 2 is 2.16 bits per heavy atom. The third kappa shape index (κ3) is 4.54. The standard InChI is InChI=1S/C19H14ClF4N7O/c1-9-6-12(19(22,23)24)11(8-25)17(27-9)31-5-4-15(29-30-26)16(31)18(32)28-10-2-3-14(21)13(20)7-10/h2-3,6-7,15-16H,4-5H2,1H3,(H,28,32)/t15-,16+/m1/s1. The van der Waals surface area contributed by atoms with Gasteiger partial charge in [0, 0.05) is 22.8 Å². The summed E-state index contributed by atoms with van der Waals surface area (Å²) in [4.78, 5) is 21.0. The predicted octanol–water partition coefficient (Wildman–Crippen LogP) is 4.97. The Bertz CT molecular complexity index is 1160. The molecule has 1 amide bonds. The van der Waals surface area contributed by atoms with Crippen molar-refractivity contribution < 1.29 is 22.4 Å². The lowest BCUT2D eigenvalue weighted by Crippen LogP contribution is -2.45. The van der Waals surface area contributed by atoms with Gasteiger partial charge in [-0.15, -0.1) is 0 Å². The van der Waals surface area contributed by atoms with E-state index in [4.69, 9.17) is 17.1 Å². The van der Waals surface area contributed by atoms with Crippen LogP contribution in [0.3, 0.4) is 0 Å². The first-order chi connectivity index (χ1) is 15.1. The minimum Gasteiger partial charge on any atom is -0.343 e. The molecule has 1 N–H and O–H groups in total. The van der Waals surface area contributed by atoms with E-state index in [9.17, 15) is 27.6 Å². The van der Waals surface area contributed by atoms with E-state index in [0.29, 0.717) is 0 Å². The zero-order chi connectivity index (χ0) is 23.6. The summed E-state index contributed by atoms with van der Waals surface area (Å²) in [6.07, 6.45) is -4.69. The van der Waals surface area contributed by atoms with Crippen molar-refractivity contribution in [2.75, 3.05) is 16.8 Å². The van der Waals surface area contributed by atoms with Crippen LogP contribution in [0.4, 0.5) is 29.1 Å². The number of aryl methyl sites for hydroxylation is 1. The molecule has 0 spiro atoms. The average Bonchev–Trinajstić information content (AvgIpc) is 3.13. The fourth-order valence-electron chi connectivity index (χ4n) is 3.51. The van der Waals surface area contributed by atoms with Crippen molar-refractivity contribution in [1.82, 2.24) is 4.98 Å². The molecule has 13 heteroatoms. The van der Waals surface area contributed by atoms with E-state index in [0.717, 1.165) is 18.2 Å². The average molecular weight is 468 g/mol. The van der Waals surface area contributed by atoms with E-state index in [1.54, 1.807) is 0 Å². The first kappa shape index (κ1) is 23.1. The first-order valence-electron chi connectivity index (χ1n) is 9.12. The van der Waals surface area contributed by atoms with Crippen molar-refractivity contribution in [3.8, 4) is 6.07 Å². The fourth-order valence-corrected chi connectivity index (χ4v) is 3.69. The van der Waals surface area contributed by atoms with Crippen LogP contribution in [0.5, 0.6) is 0 Å². The molecule has 0 saturated carbocycles. The van der Waals surface area contributed by atoms with Gasteiger partial charge in [0.05, 0.1) is 16.6 Å². The Hall–Kier alpha value is -3.55. The van der Waals surface area contributed by atoms with Gasteiger partial charge < -0.3 is 10.2 Å². The minimum atomic E-state index is -4.82. The van der Waals surface area contributed by atoms with Crippen molar-refractivity contribution in [3.05, 3.63) is 62.4 Å². The molecule has 0 bridgehead atoms. The van der Waals surface area contributed by atoms with E-state index in [1.165, 1.54) is 24.0 Å². The monoisotopic (exact) mass is 467 g/mol. The third-order valence-electron chi connectivity index (χ3n) is 4.84. The molecule has 0 unspecified atom stereocenters. The number of alkyl halides is 3. The topological polar surface area (TPSA) is 118 Å². The maximum absolute atomic E-state index is 13.5. The van der Waals surface area contributed by atoms with Gasteiger partial charge in [-0.05, 0) is 43.1 Å². The van der Waals surface area contributed by atoms with Gasteiger partial charge in [-0.2, -0.15) is 18.4 Å². The molecule has 1 saturated heterocycles. The third-order valence-corrected chi connectivity index (χ3v) is 5.13. The van der Waals surface area contributed by atoms with Gasteiger partial charge in [-0.1, -0.05) is 16.7 Å². The second-order valence-corrected chi connectivity index (χ2v) is 7.34. The number of carbonyl (C=O) groups is 1. The lowest BCUT2D eigenvalue weighted by Gasteiger charge is -2.28.